The first-order chi connectivity index (χ1) is 26.0. The molecule has 0 nitrogen and oxygen atoms in total. The molecule has 3 heteroatoms. The molecular weight excluding hydrogens is 709 g/mol. The van der Waals surface area contributed by atoms with E-state index in [0.29, 0.717) is 0 Å². The highest BCUT2D eigenvalue weighted by molar-refractivity contribution is 7.80. The maximum atomic E-state index is 5.18. The van der Waals surface area contributed by atoms with Crippen molar-refractivity contribution in [1.29, 1.82) is 0 Å². The number of hydrogen-bond acceptors (Lipinski definition) is 3. The van der Waals surface area contributed by atoms with E-state index < -0.39 is 0 Å². The van der Waals surface area contributed by atoms with Gasteiger partial charge in [-0.3, -0.25) is 0 Å². The molecular formula is C51H50S3. The zero-order chi connectivity index (χ0) is 37.6. The van der Waals surface area contributed by atoms with Gasteiger partial charge in [0.15, 0.2) is 0 Å². The second kappa shape index (κ2) is 13.2. The molecule has 6 aromatic rings. The maximum absolute atomic E-state index is 5.18. The minimum absolute atomic E-state index is 0.0415. The predicted octanol–water partition coefficient (Wildman–Crippen LogP) is 13.9. The Bertz CT molecular complexity index is 2480. The van der Waals surface area contributed by atoms with Gasteiger partial charge in [0.25, 0.3) is 0 Å². The molecule has 0 saturated heterocycles. The molecule has 0 aromatic heterocycles. The minimum atomic E-state index is -0.195. The van der Waals surface area contributed by atoms with E-state index in [9.17, 15) is 0 Å². The van der Waals surface area contributed by atoms with Gasteiger partial charge in [-0.2, -0.15) is 37.9 Å². The van der Waals surface area contributed by atoms with Crippen LogP contribution in [0.3, 0.4) is 0 Å². The van der Waals surface area contributed by atoms with E-state index in [1.807, 2.05) is 0 Å². The highest BCUT2D eigenvalue weighted by atomic mass is 32.1. The van der Waals surface area contributed by atoms with Gasteiger partial charge in [0.1, 0.15) is 0 Å². The summed E-state index contributed by atoms with van der Waals surface area (Å²) in [7, 11) is 0. The predicted molar refractivity (Wildman–Crippen MR) is 242 cm³/mol. The van der Waals surface area contributed by atoms with Crippen molar-refractivity contribution in [3.63, 3.8) is 0 Å². The van der Waals surface area contributed by atoms with Gasteiger partial charge >= 0.3 is 0 Å². The molecule has 0 radical (unpaired) electrons. The van der Waals surface area contributed by atoms with Crippen LogP contribution in [0.5, 0.6) is 0 Å². The Balaban J connectivity index is 1.11. The van der Waals surface area contributed by atoms with E-state index in [1.165, 1.54) is 107 Å². The second-order valence-electron chi connectivity index (χ2n) is 17.0. The summed E-state index contributed by atoms with van der Waals surface area (Å²) in [6.07, 6.45) is 4.34. The van der Waals surface area contributed by atoms with Gasteiger partial charge in [0.2, 0.25) is 0 Å². The van der Waals surface area contributed by atoms with Crippen LogP contribution in [0, 0.1) is 0 Å². The van der Waals surface area contributed by atoms with E-state index in [0.717, 1.165) is 36.5 Å². The van der Waals surface area contributed by atoms with Crippen LogP contribution in [0.1, 0.15) is 98.4 Å². The van der Waals surface area contributed by atoms with Gasteiger partial charge in [-0.15, -0.1) is 0 Å². The van der Waals surface area contributed by atoms with Crippen LogP contribution in [0.15, 0.2) is 109 Å². The lowest BCUT2D eigenvalue weighted by molar-refractivity contribution is 0.537. The van der Waals surface area contributed by atoms with E-state index in [4.69, 9.17) is 25.3 Å². The quantitative estimate of drug-likeness (QED) is 0.120. The first-order valence-electron chi connectivity index (χ1n) is 19.7. The summed E-state index contributed by atoms with van der Waals surface area (Å²) in [5.74, 6) is 2.36. The average Bonchev–Trinajstić information content (AvgIpc) is 3.69. The van der Waals surface area contributed by atoms with E-state index in [1.54, 1.807) is 0 Å². The van der Waals surface area contributed by atoms with Crippen LogP contribution in [-0.2, 0) is 28.4 Å². The fourth-order valence-corrected chi connectivity index (χ4v) is 11.1. The molecule has 0 spiro atoms. The Labute approximate surface area is 339 Å². The van der Waals surface area contributed by atoms with Gasteiger partial charge in [0, 0.05) is 27.8 Å². The smallest absolute Gasteiger partial charge is 0.0303 e. The van der Waals surface area contributed by atoms with Gasteiger partial charge in [-0.05, 0) is 149 Å². The molecule has 3 aliphatic carbocycles. The van der Waals surface area contributed by atoms with Crippen LogP contribution in [-0.4, -0.2) is 11.5 Å². The van der Waals surface area contributed by atoms with E-state index in [-0.39, 0.29) is 16.2 Å². The van der Waals surface area contributed by atoms with Crippen LogP contribution < -0.4 is 0 Å². The van der Waals surface area contributed by atoms with Gasteiger partial charge in [-0.25, -0.2) is 0 Å². The Hall–Kier alpha value is -3.63. The summed E-state index contributed by atoms with van der Waals surface area (Å²) in [4.78, 5) is 0. The summed E-state index contributed by atoms with van der Waals surface area (Å²) in [6, 6.07) is 42.8. The highest BCUT2D eigenvalue weighted by Gasteiger charge is 2.43. The van der Waals surface area contributed by atoms with Crippen molar-refractivity contribution in [1.82, 2.24) is 0 Å². The zero-order valence-electron chi connectivity index (χ0n) is 32.2. The topological polar surface area (TPSA) is 0 Å². The fraction of sp³-hybridized carbons (Fsp3) is 0.294. The van der Waals surface area contributed by atoms with E-state index >= 15 is 0 Å². The lowest BCUT2D eigenvalue weighted by atomic mass is 9.75. The van der Waals surface area contributed by atoms with Crippen LogP contribution in [0.4, 0.5) is 0 Å². The van der Waals surface area contributed by atoms with Crippen molar-refractivity contribution >= 4 is 37.9 Å². The van der Waals surface area contributed by atoms with Crippen molar-refractivity contribution in [2.24, 2.45) is 0 Å². The Morgan fingerprint density at radius 1 is 0.444 bits per heavy atom. The van der Waals surface area contributed by atoms with Crippen molar-refractivity contribution in [2.45, 2.75) is 82.3 Å². The summed E-state index contributed by atoms with van der Waals surface area (Å²) in [6.45, 7) is 11.8. The molecule has 54 heavy (non-hydrogen) atoms. The second-order valence-corrected chi connectivity index (χ2v) is 18.1. The lowest BCUT2D eigenvalue weighted by Gasteiger charge is -2.31. The zero-order valence-corrected chi connectivity index (χ0v) is 34.9. The largest absolute Gasteiger partial charge is 0.179 e. The molecule has 0 aliphatic heterocycles. The molecule has 1 unspecified atom stereocenters. The van der Waals surface area contributed by atoms with Crippen molar-refractivity contribution < 1.29 is 0 Å². The Kier molecular flexibility index (Phi) is 8.84. The first kappa shape index (κ1) is 36.0. The van der Waals surface area contributed by atoms with Crippen LogP contribution in [0.25, 0.3) is 55.6 Å². The highest BCUT2D eigenvalue weighted by Crippen LogP contribution is 2.56. The molecule has 1 atom stereocenters. The minimum Gasteiger partial charge on any atom is -0.179 e. The van der Waals surface area contributed by atoms with E-state index in [2.05, 4.69) is 156 Å². The summed E-state index contributed by atoms with van der Waals surface area (Å²) >= 11 is 14.5. The summed E-state index contributed by atoms with van der Waals surface area (Å²) in [5.41, 5.74) is 24.2. The molecule has 0 fully saturated rings. The molecule has 3 aliphatic rings. The third kappa shape index (κ3) is 5.28. The number of aryl methyl sites for hydroxylation is 1. The molecule has 6 aromatic carbocycles. The van der Waals surface area contributed by atoms with Crippen LogP contribution >= 0.6 is 37.9 Å². The first-order valence-corrected chi connectivity index (χ1v) is 21.6. The summed E-state index contributed by atoms with van der Waals surface area (Å²) < 4.78 is 0. The number of thiol groups is 3. The molecule has 0 saturated carbocycles. The number of benzene rings is 6. The maximum Gasteiger partial charge on any atom is 0.0303 e. The monoisotopic (exact) mass is 758 g/mol. The van der Waals surface area contributed by atoms with Gasteiger partial charge < -0.3 is 0 Å². The number of rotatable bonds is 9. The van der Waals surface area contributed by atoms with Crippen LogP contribution in [0.2, 0.25) is 0 Å². The number of fused-ring (bicyclic) bond motifs is 9. The van der Waals surface area contributed by atoms with Crippen molar-refractivity contribution in [2.75, 3.05) is 11.5 Å². The van der Waals surface area contributed by atoms with Gasteiger partial charge in [0.05, 0.1) is 0 Å². The molecule has 0 amide bonds. The summed E-state index contributed by atoms with van der Waals surface area (Å²) in [5, 5.41) is 0. The third-order valence-electron chi connectivity index (χ3n) is 13.3. The molecule has 0 heterocycles. The third-order valence-corrected chi connectivity index (χ3v) is 14.5. The standard InChI is InChI=1S/C51H50S3/c1-6-8-31-9-15-37-39-17-11-33(25-45(39)49(2,3)43(37)23-31)35-13-19-41-42-20-14-36(28-48(42)51(30-54,21-7-22-52)47(41)27-35)34-12-18-40-38-16-10-32(29-53)24-44(38)50(4,5)46(40)26-34/h9-20,23-28,52-54H,6-8,21-22,29-30H2,1-5H3. The normalized spacial score (nSPS) is 17.8. The lowest BCUT2D eigenvalue weighted by Crippen LogP contribution is -2.28. The van der Waals surface area contributed by atoms with Crippen molar-refractivity contribution in [3.05, 3.63) is 154 Å². The Morgan fingerprint density at radius 3 is 1.22 bits per heavy atom. The average molecular weight is 759 g/mol. The fourth-order valence-electron chi connectivity index (χ4n) is 10.2. The molecule has 0 N–H and O–H groups in total. The molecule has 9 rings (SSSR count). The molecule has 0 bridgehead atoms. The molecule has 272 valence electrons. The van der Waals surface area contributed by atoms with Crippen molar-refractivity contribution in [3.8, 4) is 55.6 Å². The number of hydrogen-bond donors (Lipinski definition) is 3. The Morgan fingerprint density at radius 2 is 0.815 bits per heavy atom. The SMILES string of the molecule is CCCc1ccc2c(c1)C(C)(C)c1cc(-c3ccc4c(c3)C(CS)(CCCS)c3cc(-c5ccc6c(c5)C(C)(C)c5cc(CS)ccc5-6)ccc3-4)ccc1-2. The van der Waals surface area contributed by atoms with Gasteiger partial charge in [-0.1, -0.05) is 126 Å².